The van der Waals surface area contributed by atoms with E-state index in [9.17, 15) is 0 Å². The second kappa shape index (κ2) is 7.83. The van der Waals surface area contributed by atoms with Crippen LogP contribution in [0, 0.1) is 11.8 Å². The second-order valence-corrected chi connectivity index (χ2v) is 4.84. The topological polar surface area (TPSA) is 44.5 Å². The summed E-state index contributed by atoms with van der Waals surface area (Å²) in [6.07, 6.45) is 0.983. The van der Waals surface area contributed by atoms with Crippen LogP contribution in [0.25, 0.3) is 0 Å². The first-order valence-corrected chi connectivity index (χ1v) is 6.63. The Bertz CT molecular complexity index is 444. The highest BCUT2D eigenvalue weighted by atomic mass is 16.5. The normalized spacial score (nSPS) is 10.7. The van der Waals surface area contributed by atoms with Gasteiger partial charge in [0.05, 0.1) is 18.8 Å². The molecule has 19 heavy (non-hydrogen) atoms. The first kappa shape index (κ1) is 15.6. The third-order valence-corrected chi connectivity index (χ3v) is 2.87. The van der Waals surface area contributed by atoms with Gasteiger partial charge in [-0.05, 0) is 38.5 Å². The lowest BCUT2D eigenvalue weighted by atomic mass is 10.1. The molecule has 0 spiro atoms. The molecule has 0 heterocycles. The molecule has 0 fully saturated rings. The molecule has 104 valence electrons. The van der Waals surface area contributed by atoms with Gasteiger partial charge in [-0.3, -0.25) is 0 Å². The molecular formula is C16H23NO2. The molecule has 1 aromatic rings. The number of benzene rings is 1. The van der Waals surface area contributed by atoms with Gasteiger partial charge in [0, 0.05) is 5.56 Å². The Kier molecular flexibility index (Phi) is 6.41. The van der Waals surface area contributed by atoms with E-state index in [4.69, 9.17) is 15.2 Å². The molecule has 0 aliphatic rings. The maximum atomic E-state index is 5.73. The molecule has 0 aliphatic heterocycles. The predicted molar refractivity (Wildman–Crippen MR) is 78.2 cm³/mol. The monoisotopic (exact) mass is 261 g/mol. The fourth-order valence-corrected chi connectivity index (χ4v) is 1.40. The molecule has 0 atom stereocenters. The van der Waals surface area contributed by atoms with E-state index >= 15 is 0 Å². The number of rotatable bonds is 6. The SMILES string of the molecule is CCC(C)(C)OCCOc1cccc(C#CCN)c1. The van der Waals surface area contributed by atoms with Crippen molar-refractivity contribution in [2.75, 3.05) is 19.8 Å². The molecule has 1 rings (SSSR count). The Morgan fingerprint density at radius 3 is 2.74 bits per heavy atom. The van der Waals surface area contributed by atoms with Crippen LogP contribution in [-0.4, -0.2) is 25.4 Å². The summed E-state index contributed by atoms with van der Waals surface area (Å²) >= 11 is 0. The Morgan fingerprint density at radius 1 is 1.26 bits per heavy atom. The maximum absolute atomic E-state index is 5.73. The van der Waals surface area contributed by atoms with Crippen LogP contribution in [0.2, 0.25) is 0 Å². The Balaban J connectivity index is 2.41. The lowest BCUT2D eigenvalue weighted by Crippen LogP contribution is -2.25. The first-order chi connectivity index (χ1) is 9.07. The molecular weight excluding hydrogens is 238 g/mol. The minimum Gasteiger partial charge on any atom is -0.491 e. The summed E-state index contributed by atoms with van der Waals surface area (Å²) in [6, 6.07) is 7.69. The smallest absolute Gasteiger partial charge is 0.120 e. The summed E-state index contributed by atoms with van der Waals surface area (Å²) in [5.74, 6) is 6.61. The van der Waals surface area contributed by atoms with E-state index in [2.05, 4.69) is 32.6 Å². The van der Waals surface area contributed by atoms with Gasteiger partial charge in [-0.25, -0.2) is 0 Å². The zero-order chi connectivity index (χ0) is 14.1. The van der Waals surface area contributed by atoms with Gasteiger partial charge in [0.2, 0.25) is 0 Å². The van der Waals surface area contributed by atoms with Gasteiger partial charge < -0.3 is 15.2 Å². The van der Waals surface area contributed by atoms with Crippen LogP contribution in [0.1, 0.15) is 32.8 Å². The van der Waals surface area contributed by atoms with Crippen molar-refractivity contribution in [3.8, 4) is 17.6 Å². The van der Waals surface area contributed by atoms with Crippen LogP contribution in [0.15, 0.2) is 24.3 Å². The van der Waals surface area contributed by atoms with Crippen LogP contribution in [0.5, 0.6) is 5.75 Å². The average Bonchev–Trinajstić information content (AvgIpc) is 2.42. The van der Waals surface area contributed by atoms with Crippen LogP contribution in [-0.2, 0) is 4.74 Å². The Morgan fingerprint density at radius 2 is 2.05 bits per heavy atom. The predicted octanol–water partition coefficient (Wildman–Crippen LogP) is 2.58. The molecule has 0 saturated heterocycles. The third kappa shape index (κ3) is 6.28. The summed E-state index contributed by atoms with van der Waals surface area (Å²) in [5, 5.41) is 0. The van der Waals surface area contributed by atoms with E-state index in [0.29, 0.717) is 19.8 Å². The highest BCUT2D eigenvalue weighted by Crippen LogP contribution is 2.15. The summed E-state index contributed by atoms with van der Waals surface area (Å²) < 4.78 is 11.4. The van der Waals surface area contributed by atoms with Crippen LogP contribution < -0.4 is 10.5 Å². The Hall–Kier alpha value is -1.50. The third-order valence-electron chi connectivity index (χ3n) is 2.87. The molecule has 0 radical (unpaired) electrons. The highest BCUT2D eigenvalue weighted by molar-refractivity contribution is 5.39. The zero-order valence-corrected chi connectivity index (χ0v) is 12.0. The van der Waals surface area contributed by atoms with Crippen molar-refractivity contribution in [2.45, 2.75) is 32.8 Å². The van der Waals surface area contributed by atoms with E-state index in [1.807, 2.05) is 24.3 Å². The summed E-state index contributed by atoms with van der Waals surface area (Å²) in [6.45, 7) is 7.76. The van der Waals surface area contributed by atoms with Crippen LogP contribution in [0.3, 0.4) is 0 Å². The van der Waals surface area contributed by atoms with Crippen molar-refractivity contribution in [3.05, 3.63) is 29.8 Å². The number of hydrogen-bond acceptors (Lipinski definition) is 3. The van der Waals surface area contributed by atoms with E-state index in [1.165, 1.54) is 0 Å². The van der Waals surface area contributed by atoms with Crippen molar-refractivity contribution in [2.24, 2.45) is 5.73 Å². The van der Waals surface area contributed by atoms with Gasteiger partial charge in [-0.15, -0.1) is 0 Å². The number of ether oxygens (including phenoxy) is 2. The molecule has 1 aromatic carbocycles. The lowest BCUT2D eigenvalue weighted by Gasteiger charge is -2.23. The molecule has 0 aliphatic carbocycles. The van der Waals surface area contributed by atoms with Crippen molar-refractivity contribution in [3.63, 3.8) is 0 Å². The minimum absolute atomic E-state index is 0.0855. The van der Waals surface area contributed by atoms with E-state index in [-0.39, 0.29) is 5.60 Å². The fourth-order valence-electron chi connectivity index (χ4n) is 1.40. The summed E-state index contributed by atoms with van der Waals surface area (Å²) in [5.41, 5.74) is 6.17. The van der Waals surface area contributed by atoms with E-state index in [0.717, 1.165) is 17.7 Å². The molecule has 0 saturated carbocycles. The van der Waals surface area contributed by atoms with Gasteiger partial charge in [0.15, 0.2) is 0 Å². The standard InChI is InChI=1S/C16H23NO2/c1-4-16(2,3)19-12-11-18-15-9-5-7-14(13-15)8-6-10-17/h5,7,9,13H,4,10-12,17H2,1-3H3. The second-order valence-electron chi connectivity index (χ2n) is 4.84. The lowest BCUT2D eigenvalue weighted by molar-refractivity contribution is -0.0317. The average molecular weight is 261 g/mol. The van der Waals surface area contributed by atoms with Gasteiger partial charge >= 0.3 is 0 Å². The molecule has 3 heteroatoms. The van der Waals surface area contributed by atoms with Gasteiger partial charge in [0.25, 0.3) is 0 Å². The molecule has 0 aromatic heterocycles. The van der Waals surface area contributed by atoms with E-state index < -0.39 is 0 Å². The Labute approximate surface area is 116 Å². The van der Waals surface area contributed by atoms with Crippen molar-refractivity contribution >= 4 is 0 Å². The highest BCUT2D eigenvalue weighted by Gasteiger charge is 2.14. The zero-order valence-electron chi connectivity index (χ0n) is 12.0. The molecule has 0 amide bonds. The van der Waals surface area contributed by atoms with Gasteiger partial charge in [-0.1, -0.05) is 24.8 Å². The van der Waals surface area contributed by atoms with Crippen LogP contribution in [0.4, 0.5) is 0 Å². The molecule has 0 unspecified atom stereocenters. The fraction of sp³-hybridized carbons (Fsp3) is 0.500. The van der Waals surface area contributed by atoms with Crippen molar-refractivity contribution in [1.82, 2.24) is 0 Å². The summed E-state index contributed by atoms with van der Waals surface area (Å²) in [7, 11) is 0. The van der Waals surface area contributed by atoms with Crippen molar-refractivity contribution < 1.29 is 9.47 Å². The molecule has 0 bridgehead atoms. The minimum atomic E-state index is -0.0855. The number of hydrogen-bond donors (Lipinski definition) is 1. The van der Waals surface area contributed by atoms with Gasteiger partial charge in [-0.2, -0.15) is 0 Å². The largest absolute Gasteiger partial charge is 0.491 e. The maximum Gasteiger partial charge on any atom is 0.120 e. The first-order valence-electron chi connectivity index (χ1n) is 6.63. The summed E-state index contributed by atoms with van der Waals surface area (Å²) in [4.78, 5) is 0. The van der Waals surface area contributed by atoms with Gasteiger partial charge in [0.1, 0.15) is 12.4 Å². The molecule has 2 N–H and O–H groups in total. The number of nitrogens with two attached hydrogens (primary N) is 1. The molecule has 3 nitrogen and oxygen atoms in total. The van der Waals surface area contributed by atoms with Crippen LogP contribution >= 0.6 is 0 Å². The van der Waals surface area contributed by atoms with E-state index in [1.54, 1.807) is 0 Å². The van der Waals surface area contributed by atoms with Crippen molar-refractivity contribution in [1.29, 1.82) is 0 Å². The quantitative estimate of drug-likeness (QED) is 0.632.